The van der Waals surface area contributed by atoms with Gasteiger partial charge in [-0.15, -0.1) is 6.42 Å². The maximum Gasteiger partial charge on any atom is 0.322 e. The van der Waals surface area contributed by atoms with E-state index in [9.17, 15) is 9.59 Å². The van der Waals surface area contributed by atoms with E-state index in [1.54, 1.807) is 36.3 Å². The summed E-state index contributed by atoms with van der Waals surface area (Å²) in [4.78, 5) is 25.0. The van der Waals surface area contributed by atoms with E-state index in [2.05, 4.69) is 11.2 Å². The molecule has 0 fully saturated rings. The van der Waals surface area contributed by atoms with Crippen LogP contribution in [-0.4, -0.2) is 42.1 Å². The number of carboxylic acids is 1. The van der Waals surface area contributed by atoms with Gasteiger partial charge in [-0.2, -0.15) is 0 Å². The second kappa shape index (κ2) is 9.14. The van der Waals surface area contributed by atoms with Gasteiger partial charge in [-0.25, -0.2) is 0 Å². The molecule has 0 aliphatic heterocycles. The van der Waals surface area contributed by atoms with E-state index in [-0.39, 0.29) is 19.0 Å². The Balaban J connectivity index is 2.15. The number of anilines is 1. The molecule has 2 aromatic rings. The summed E-state index contributed by atoms with van der Waals surface area (Å²) >= 11 is 0. The first-order chi connectivity index (χ1) is 12.5. The number of rotatable bonds is 8. The number of amides is 1. The monoisotopic (exact) mass is 352 g/mol. The van der Waals surface area contributed by atoms with Crippen LogP contribution in [0.25, 0.3) is 0 Å². The summed E-state index contributed by atoms with van der Waals surface area (Å²) in [7, 11) is 1.59. The highest BCUT2D eigenvalue weighted by molar-refractivity contribution is 5.95. The molecule has 0 aliphatic carbocycles. The van der Waals surface area contributed by atoms with E-state index >= 15 is 0 Å². The van der Waals surface area contributed by atoms with Crippen molar-refractivity contribution in [2.45, 2.75) is 6.54 Å². The number of aliphatic carboxylic acids is 1. The van der Waals surface area contributed by atoms with Crippen LogP contribution in [0.1, 0.15) is 15.9 Å². The first kappa shape index (κ1) is 18.9. The number of nitrogens with one attached hydrogen (secondary N) is 1. The van der Waals surface area contributed by atoms with Crippen molar-refractivity contribution in [3.8, 4) is 18.1 Å². The smallest absolute Gasteiger partial charge is 0.322 e. The van der Waals surface area contributed by atoms with E-state index < -0.39 is 5.97 Å². The van der Waals surface area contributed by atoms with Gasteiger partial charge in [0, 0.05) is 17.8 Å². The lowest BCUT2D eigenvalue weighted by Gasteiger charge is -2.21. The number of nitrogens with zero attached hydrogens (tertiary/aromatic N) is 1. The normalized spacial score (nSPS) is 9.85. The number of carbonyl (C=O) groups is 2. The Labute approximate surface area is 152 Å². The first-order valence-corrected chi connectivity index (χ1v) is 7.95. The van der Waals surface area contributed by atoms with Gasteiger partial charge in [0.25, 0.3) is 5.91 Å². The molecule has 0 aromatic heterocycles. The third-order valence-electron chi connectivity index (χ3n) is 3.66. The molecule has 0 spiro atoms. The van der Waals surface area contributed by atoms with Crippen molar-refractivity contribution in [2.24, 2.45) is 0 Å². The molecule has 0 unspecified atom stereocenters. The van der Waals surface area contributed by atoms with Crippen molar-refractivity contribution in [1.82, 2.24) is 4.90 Å². The molecule has 26 heavy (non-hydrogen) atoms. The standard InChI is InChI=1S/C20H20N2O4/c1-3-11-22(14-15-7-9-18(26-2)10-8-15)20(25)16-5-4-6-17(12-16)21-13-19(23)24/h1,4-10,12,21H,11,13-14H2,2H3,(H,23,24). The molecule has 134 valence electrons. The zero-order valence-electron chi connectivity index (χ0n) is 14.4. The highest BCUT2D eigenvalue weighted by Crippen LogP contribution is 2.16. The quantitative estimate of drug-likeness (QED) is 0.714. The number of hydrogen-bond donors (Lipinski definition) is 2. The van der Waals surface area contributed by atoms with Gasteiger partial charge in [0.05, 0.1) is 13.7 Å². The lowest BCUT2D eigenvalue weighted by Crippen LogP contribution is -2.31. The van der Waals surface area contributed by atoms with E-state index in [0.29, 0.717) is 17.8 Å². The van der Waals surface area contributed by atoms with Crippen LogP contribution in [0.4, 0.5) is 5.69 Å². The third kappa shape index (κ3) is 5.28. The molecule has 2 N–H and O–H groups in total. The average Bonchev–Trinajstić information content (AvgIpc) is 2.66. The summed E-state index contributed by atoms with van der Waals surface area (Å²) in [5, 5.41) is 11.5. The van der Waals surface area contributed by atoms with E-state index in [4.69, 9.17) is 16.3 Å². The predicted octanol–water partition coefficient (Wildman–Crippen LogP) is 2.47. The molecule has 2 aromatic carbocycles. The van der Waals surface area contributed by atoms with Gasteiger partial charge in [0.15, 0.2) is 0 Å². The second-order valence-electron chi connectivity index (χ2n) is 5.54. The molecule has 2 rings (SSSR count). The molecule has 6 nitrogen and oxygen atoms in total. The Hall–Kier alpha value is -3.46. The first-order valence-electron chi connectivity index (χ1n) is 7.95. The fraction of sp³-hybridized carbons (Fsp3) is 0.200. The molecule has 0 aliphatic rings. The number of terminal acetylenes is 1. The van der Waals surface area contributed by atoms with Gasteiger partial charge in [-0.05, 0) is 35.9 Å². The Kier molecular flexibility index (Phi) is 6.63. The maximum atomic E-state index is 12.8. The molecule has 0 heterocycles. The predicted molar refractivity (Wildman–Crippen MR) is 99.1 cm³/mol. The molecule has 6 heteroatoms. The zero-order valence-corrected chi connectivity index (χ0v) is 14.4. The van der Waals surface area contributed by atoms with Crippen molar-refractivity contribution in [3.63, 3.8) is 0 Å². The number of ether oxygens (including phenoxy) is 1. The molecule has 0 bridgehead atoms. The number of methoxy groups -OCH3 is 1. The van der Waals surface area contributed by atoms with E-state index in [1.165, 1.54) is 0 Å². The lowest BCUT2D eigenvalue weighted by molar-refractivity contribution is -0.134. The fourth-order valence-electron chi connectivity index (χ4n) is 2.38. The van der Waals surface area contributed by atoms with Crippen LogP contribution in [0.3, 0.4) is 0 Å². The number of hydrogen-bond acceptors (Lipinski definition) is 4. The minimum atomic E-state index is -0.977. The number of carboxylic acid groups (broad SMARTS) is 1. The maximum absolute atomic E-state index is 12.8. The summed E-state index contributed by atoms with van der Waals surface area (Å²) in [6.07, 6.45) is 5.41. The fourth-order valence-corrected chi connectivity index (χ4v) is 2.38. The van der Waals surface area contributed by atoms with Crippen LogP contribution in [-0.2, 0) is 11.3 Å². The Bertz CT molecular complexity index is 809. The topological polar surface area (TPSA) is 78.9 Å². The molecule has 1 amide bonds. The average molecular weight is 352 g/mol. The SMILES string of the molecule is C#CCN(Cc1ccc(OC)cc1)C(=O)c1cccc(NCC(=O)O)c1. The lowest BCUT2D eigenvalue weighted by atomic mass is 10.1. The minimum Gasteiger partial charge on any atom is -0.497 e. The summed E-state index contributed by atoms with van der Waals surface area (Å²) in [5.41, 5.74) is 1.92. The van der Waals surface area contributed by atoms with Crippen molar-refractivity contribution in [2.75, 3.05) is 25.5 Å². The summed E-state index contributed by atoms with van der Waals surface area (Å²) in [6.45, 7) is 0.301. The van der Waals surface area contributed by atoms with E-state index in [0.717, 1.165) is 11.3 Å². The Morgan fingerprint density at radius 3 is 2.58 bits per heavy atom. The van der Waals surface area contributed by atoms with Crippen LogP contribution in [0.5, 0.6) is 5.75 Å². The van der Waals surface area contributed by atoms with Gasteiger partial charge in [0.2, 0.25) is 0 Å². The Morgan fingerprint density at radius 2 is 1.96 bits per heavy atom. The molecule has 0 saturated heterocycles. The second-order valence-corrected chi connectivity index (χ2v) is 5.54. The molecular weight excluding hydrogens is 332 g/mol. The summed E-state index contributed by atoms with van der Waals surface area (Å²) < 4.78 is 5.13. The number of benzene rings is 2. The van der Waals surface area contributed by atoms with Gasteiger partial charge in [-0.3, -0.25) is 9.59 Å². The number of carbonyl (C=O) groups excluding carboxylic acids is 1. The van der Waals surface area contributed by atoms with Crippen molar-refractivity contribution < 1.29 is 19.4 Å². The summed E-state index contributed by atoms with van der Waals surface area (Å²) in [5.74, 6) is 2.04. The Morgan fingerprint density at radius 1 is 1.23 bits per heavy atom. The highest BCUT2D eigenvalue weighted by Gasteiger charge is 2.16. The molecule has 0 saturated carbocycles. The highest BCUT2D eigenvalue weighted by atomic mass is 16.5. The van der Waals surface area contributed by atoms with Crippen molar-refractivity contribution >= 4 is 17.6 Å². The van der Waals surface area contributed by atoms with Crippen LogP contribution in [0.15, 0.2) is 48.5 Å². The van der Waals surface area contributed by atoms with Gasteiger partial charge in [0.1, 0.15) is 12.3 Å². The van der Waals surface area contributed by atoms with Gasteiger partial charge < -0.3 is 20.1 Å². The molecule has 0 atom stereocenters. The largest absolute Gasteiger partial charge is 0.497 e. The van der Waals surface area contributed by atoms with Crippen molar-refractivity contribution in [3.05, 3.63) is 59.7 Å². The molecule has 0 radical (unpaired) electrons. The van der Waals surface area contributed by atoms with Crippen LogP contribution in [0, 0.1) is 12.3 Å². The van der Waals surface area contributed by atoms with Crippen LogP contribution >= 0.6 is 0 Å². The third-order valence-corrected chi connectivity index (χ3v) is 3.66. The van der Waals surface area contributed by atoms with Gasteiger partial charge in [-0.1, -0.05) is 24.1 Å². The van der Waals surface area contributed by atoms with Crippen LogP contribution < -0.4 is 10.1 Å². The summed E-state index contributed by atoms with van der Waals surface area (Å²) in [6, 6.07) is 14.1. The zero-order chi connectivity index (χ0) is 18.9. The van der Waals surface area contributed by atoms with Gasteiger partial charge >= 0.3 is 5.97 Å². The minimum absolute atomic E-state index is 0.164. The molecular formula is C20H20N2O4. The van der Waals surface area contributed by atoms with Crippen molar-refractivity contribution in [1.29, 1.82) is 0 Å². The van der Waals surface area contributed by atoms with Crippen LogP contribution in [0.2, 0.25) is 0 Å². The van der Waals surface area contributed by atoms with E-state index in [1.807, 2.05) is 24.3 Å².